The van der Waals surface area contributed by atoms with Crippen LogP contribution in [0.4, 0.5) is 13.2 Å². The van der Waals surface area contributed by atoms with Crippen LogP contribution in [0.15, 0.2) is 5.38 Å². The van der Waals surface area contributed by atoms with Gasteiger partial charge >= 0.3 is 12.1 Å². The molecule has 0 radical (unpaired) electrons. The number of nitrogens with one attached hydrogen (secondary N) is 1. The fraction of sp³-hybridized carbons (Fsp3) is 0.615. The number of alkyl halides is 3. The van der Waals surface area contributed by atoms with Crippen LogP contribution in [0, 0.1) is 5.92 Å². The maximum Gasteiger partial charge on any atom is 0.471 e. The Labute approximate surface area is 147 Å². The second-order valence-electron chi connectivity index (χ2n) is 5.27. The number of piperidine rings is 1. The summed E-state index contributed by atoms with van der Waals surface area (Å²) in [4.78, 5) is 27.9. The predicted octanol–water partition coefficient (Wildman–Crippen LogP) is 1.55. The highest BCUT2D eigenvalue weighted by Gasteiger charge is 2.43. The molecule has 1 saturated heterocycles. The van der Waals surface area contributed by atoms with E-state index in [0.717, 1.165) is 4.90 Å². The van der Waals surface area contributed by atoms with Gasteiger partial charge < -0.3 is 16.0 Å². The summed E-state index contributed by atoms with van der Waals surface area (Å²) in [5.74, 6) is -2.07. The zero-order chi connectivity index (χ0) is 17.0. The molecule has 0 saturated carbocycles. The van der Waals surface area contributed by atoms with E-state index >= 15 is 0 Å². The first-order valence-electron chi connectivity index (χ1n) is 7.10. The minimum absolute atomic E-state index is 0. The summed E-state index contributed by atoms with van der Waals surface area (Å²) in [5.41, 5.74) is 5.72. The number of hydrogen-bond donors (Lipinski definition) is 2. The van der Waals surface area contributed by atoms with Gasteiger partial charge in [-0.1, -0.05) is 0 Å². The average molecular weight is 387 g/mol. The molecule has 0 atom stereocenters. The van der Waals surface area contributed by atoms with E-state index in [0.29, 0.717) is 30.1 Å². The summed E-state index contributed by atoms with van der Waals surface area (Å²) < 4.78 is 37.0. The Bertz CT molecular complexity index is 574. The van der Waals surface area contributed by atoms with Crippen molar-refractivity contribution < 1.29 is 22.8 Å². The van der Waals surface area contributed by atoms with Gasteiger partial charge in [-0.25, -0.2) is 4.98 Å². The molecule has 1 fully saturated rings. The van der Waals surface area contributed by atoms with Crippen LogP contribution >= 0.6 is 23.7 Å². The fourth-order valence-corrected chi connectivity index (χ4v) is 3.01. The van der Waals surface area contributed by atoms with Crippen molar-refractivity contribution in [3.05, 3.63) is 16.1 Å². The number of nitrogens with two attached hydrogens (primary N) is 1. The van der Waals surface area contributed by atoms with E-state index < -0.39 is 12.1 Å². The number of halogens is 4. The molecule has 1 aromatic rings. The van der Waals surface area contributed by atoms with Crippen LogP contribution in [-0.2, 0) is 11.3 Å². The Hall–Kier alpha value is -1.39. The normalized spacial score (nSPS) is 15.8. The number of likely N-dealkylation sites (tertiary alicyclic amines) is 1. The van der Waals surface area contributed by atoms with Gasteiger partial charge in [0.25, 0.3) is 5.91 Å². The van der Waals surface area contributed by atoms with Gasteiger partial charge in [0.1, 0.15) is 10.7 Å². The maximum atomic E-state index is 12.3. The van der Waals surface area contributed by atoms with Crippen molar-refractivity contribution in [3.63, 3.8) is 0 Å². The van der Waals surface area contributed by atoms with Crippen LogP contribution < -0.4 is 11.1 Å². The zero-order valence-corrected chi connectivity index (χ0v) is 14.3. The fourth-order valence-electron chi connectivity index (χ4n) is 2.36. The Morgan fingerprint density at radius 3 is 2.50 bits per heavy atom. The van der Waals surface area contributed by atoms with Gasteiger partial charge in [0.2, 0.25) is 0 Å². The first-order valence-corrected chi connectivity index (χ1v) is 7.98. The number of rotatable bonds is 4. The van der Waals surface area contributed by atoms with Gasteiger partial charge in [0.15, 0.2) is 0 Å². The second-order valence-corrected chi connectivity index (χ2v) is 6.22. The van der Waals surface area contributed by atoms with E-state index in [-0.39, 0.29) is 43.9 Å². The number of carbonyl (C=O) groups is 2. The van der Waals surface area contributed by atoms with Gasteiger partial charge in [-0.3, -0.25) is 9.59 Å². The molecule has 1 aliphatic rings. The largest absolute Gasteiger partial charge is 0.471 e. The molecule has 136 valence electrons. The van der Waals surface area contributed by atoms with Gasteiger partial charge in [-0.15, -0.1) is 23.7 Å². The maximum absolute atomic E-state index is 12.3. The summed E-state index contributed by atoms with van der Waals surface area (Å²) >= 11 is 1.30. The van der Waals surface area contributed by atoms with E-state index in [1.807, 2.05) is 0 Å². The van der Waals surface area contributed by atoms with Gasteiger partial charge in [-0.05, 0) is 18.8 Å². The van der Waals surface area contributed by atoms with Gasteiger partial charge in [-0.2, -0.15) is 13.2 Å². The quantitative estimate of drug-likeness (QED) is 0.821. The molecular weight excluding hydrogens is 369 g/mol. The number of carbonyl (C=O) groups excluding carboxylic acids is 2. The number of hydrogen-bond acceptors (Lipinski definition) is 5. The summed E-state index contributed by atoms with van der Waals surface area (Å²) in [6.45, 7) is 0.714. The molecule has 1 aliphatic heterocycles. The molecule has 0 unspecified atom stereocenters. The molecule has 0 aromatic carbocycles. The molecule has 2 amide bonds. The molecule has 3 N–H and O–H groups in total. The van der Waals surface area contributed by atoms with Crippen molar-refractivity contribution in [2.24, 2.45) is 11.7 Å². The minimum Gasteiger partial charge on any atom is -0.350 e. The van der Waals surface area contributed by atoms with Crippen molar-refractivity contribution >= 4 is 35.6 Å². The molecule has 6 nitrogen and oxygen atoms in total. The number of aromatic nitrogens is 1. The third-order valence-electron chi connectivity index (χ3n) is 3.65. The highest BCUT2D eigenvalue weighted by molar-refractivity contribution is 7.09. The summed E-state index contributed by atoms with van der Waals surface area (Å²) in [6, 6.07) is 0. The molecule has 24 heavy (non-hydrogen) atoms. The van der Waals surface area contributed by atoms with Gasteiger partial charge in [0, 0.05) is 31.6 Å². The Morgan fingerprint density at radius 2 is 2.00 bits per heavy atom. The van der Waals surface area contributed by atoms with Crippen LogP contribution in [0.25, 0.3) is 0 Å². The Balaban J connectivity index is 0.00000288. The van der Waals surface area contributed by atoms with Crippen molar-refractivity contribution in [2.45, 2.75) is 25.6 Å². The van der Waals surface area contributed by atoms with Crippen molar-refractivity contribution in [1.82, 2.24) is 15.2 Å². The third kappa shape index (κ3) is 5.32. The summed E-state index contributed by atoms with van der Waals surface area (Å²) in [6.07, 6.45) is -3.98. The van der Waals surface area contributed by atoms with Crippen molar-refractivity contribution in [2.75, 3.05) is 19.6 Å². The van der Waals surface area contributed by atoms with Gasteiger partial charge in [0.05, 0.1) is 0 Å². The lowest BCUT2D eigenvalue weighted by Gasteiger charge is -2.32. The topological polar surface area (TPSA) is 88.3 Å². The van der Waals surface area contributed by atoms with Crippen molar-refractivity contribution in [1.29, 1.82) is 0 Å². The van der Waals surface area contributed by atoms with Crippen LogP contribution in [0.2, 0.25) is 0 Å². The highest BCUT2D eigenvalue weighted by atomic mass is 35.5. The highest BCUT2D eigenvalue weighted by Crippen LogP contribution is 2.23. The summed E-state index contributed by atoms with van der Waals surface area (Å²) in [7, 11) is 0. The number of amides is 2. The second kappa shape index (κ2) is 8.63. The lowest BCUT2D eigenvalue weighted by molar-refractivity contribution is -0.186. The molecule has 2 rings (SSSR count). The van der Waals surface area contributed by atoms with E-state index in [1.165, 1.54) is 11.3 Å². The zero-order valence-electron chi connectivity index (χ0n) is 12.6. The molecule has 2 heterocycles. The molecular formula is C13H18ClF3N4O2S. The van der Waals surface area contributed by atoms with Crippen LogP contribution in [0.1, 0.15) is 28.3 Å². The van der Waals surface area contributed by atoms with Crippen LogP contribution in [0.5, 0.6) is 0 Å². The molecule has 11 heteroatoms. The number of thiazole rings is 1. The smallest absolute Gasteiger partial charge is 0.350 e. The standard InChI is InChI=1S/C13H17F3N4O2S.ClH/c14-13(15,16)12(22)20-3-1-8(2-4-20)6-18-11(21)9-7-23-10(5-17)19-9;/h7-8H,1-6,17H2,(H,18,21);1H. The monoisotopic (exact) mass is 386 g/mol. The van der Waals surface area contributed by atoms with Crippen LogP contribution in [-0.4, -0.2) is 47.5 Å². The first kappa shape index (κ1) is 20.7. The Morgan fingerprint density at radius 1 is 1.38 bits per heavy atom. The SMILES string of the molecule is Cl.NCc1nc(C(=O)NCC2CCN(C(=O)C(F)(F)F)CC2)cs1. The molecule has 0 bridgehead atoms. The first-order chi connectivity index (χ1) is 10.8. The van der Waals surface area contributed by atoms with E-state index in [9.17, 15) is 22.8 Å². The Kier molecular flexibility index (Phi) is 7.43. The third-order valence-corrected chi connectivity index (χ3v) is 4.53. The predicted molar refractivity (Wildman–Crippen MR) is 84.9 cm³/mol. The molecule has 0 spiro atoms. The lowest BCUT2D eigenvalue weighted by atomic mass is 9.96. The van der Waals surface area contributed by atoms with Crippen LogP contribution in [0.3, 0.4) is 0 Å². The minimum atomic E-state index is -4.83. The van der Waals surface area contributed by atoms with E-state index in [1.54, 1.807) is 5.38 Å². The molecule has 0 aliphatic carbocycles. The van der Waals surface area contributed by atoms with E-state index in [2.05, 4.69) is 10.3 Å². The molecule has 1 aromatic heterocycles. The van der Waals surface area contributed by atoms with Crippen molar-refractivity contribution in [3.8, 4) is 0 Å². The van der Waals surface area contributed by atoms with E-state index in [4.69, 9.17) is 5.73 Å². The lowest BCUT2D eigenvalue weighted by Crippen LogP contribution is -2.46. The summed E-state index contributed by atoms with van der Waals surface area (Å²) in [5, 5.41) is 4.99. The number of nitrogens with zero attached hydrogens (tertiary/aromatic N) is 2. The average Bonchev–Trinajstić information content (AvgIpc) is 3.00.